The van der Waals surface area contributed by atoms with Crippen molar-refractivity contribution in [2.24, 2.45) is 0 Å². The van der Waals surface area contributed by atoms with Crippen molar-refractivity contribution in [3.63, 3.8) is 0 Å². The molecule has 6 heteroatoms. The predicted octanol–water partition coefficient (Wildman–Crippen LogP) is 5.96. The average molecular weight is 479 g/mol. The van der Waals surface area contributed by atoms with Crippen LogP contribution in [0, 0.1) is 0 Å². The van der Waals surface area contributed by atoms with Gasteiger partial charge in [0.15, 0.2) is 5.78 Å². The largest absolute Gasteiger partial charge is 0.496 e. The van der Waals surface area contributed by atoms with Crippen molar-refractivity contribution in [3.8, 4) is 33.9 Å². The SMILES string of the molecule is COc1ccccc1-c1cc(NC(=O)CCC(=O)c2ccc3c(c2)CCO3)nc(-c2ccccc2)c1. The molecule has 3 aromatic carbocycles. The summed E-state index contributed by atoms with van der Waals surface area (Å²) < 4.78 is 11.1. The predicted molar refractivity (Wildman–Crippen MR) is 139 cm³/mol. The number of hydrogen-bond donors (Lipinski definition) is 1. The standard InChI is InChI=1S/C30H26N2O4/c1-35-28-10-6-5-9-24(28)23-18-25(20-7-3-2-4-8-20)31-29(19-23)32-30(34)14-12-26(33)21-11-13-27-22(17-21)15-16-36-27/h2-11,13,17-19H,12,14-16H2,1H3,(H,31,32,34). The normalized spacial score (nSPS) is 11.9. The molecule has 2 heterocycles. The highest BCUT2D eigenvalue weighted by molar-refractivity contribution is 6.00. The molecule has 1 aromatic heterocycles. The molecule has 0 aliphatic carbocycles. The molecule has 0 radical (unpaired) electrons. The number of fused-ring (bicyclic) bond motifs is 1. The van der Waals surface area contributed by atoms with Crippen LogP contribution in [0.2, 0.25) is 0 Å². The molecule has 36 heavy (non-hydrogen) atoms. The van der Waals surface area contributed by atoms with Crippen molar-refractivity contribution < 1.29 is 19.1 Å². The van der Waals surface area contributed by atoms with Crippen LogP contribution >= 0.6 is 0 Å². The second kappa shape index (κ2) is 10.4. The van der Waals surface area contributed by atoms with Crippen LogP contribution in [0.1, 0.15) is 28.8 Å². The number of ketones is 1. The van der Waals surface area contributed by atoms with Crippen molar-refractivity contribution in [3.05, 3.63) is 96.1 Å². The number of rotatable bonds is 8. The highest BCUT2D eigenvalue weighted by atomic mass is 16.5. The fourth-order valence-electron chi connectivity index (χ4n) is 4.33. The fourth-order valence-corrected chi connectivity index (χ4v) is 4.33. The highest BCUT2D eigenvalue weighted by Crippen LogP contribution is 2.33. The number of Topliss-reactive ketones (excluding diaryl/α,β-unsaturated/α-hetero) is 1. The van der Waals surface area contributed by atoms with Gasteiger partial charge in [0.1, 0.15) is 17.3 Å². The molecule has 0 saturated carbocycles. The van der Waals surface area contributed by atoms with Gasteiger partial charge in [-0.3, -0.25) is 9.59 Å². The first-order chi connectivity index (χ1) is 17.6. The molecular formula is C30H26N2O4. The number of aromatic nitrogens is 1. The third kappa shape index (κ3) is 5.13. The first-order valence-corrected chi connectivity index (χ1v) is 11.9. The Morgan fingerprint density at radius 2 is 1.72 bits per heavy atom. The number of benzene rings is 3. The van der Waals surface area contributed by atoms with Crippen LogP contribution < -0.4 is 14.8 Å². The molecule has 4 aromatic rings. The van der Waals surface area contributed by atoms with Crippen LogP contribution in [-0.4, -0.2) is 30.4 Å². The van der Waals surface area contributed by atoms with Crippen molar-refractivity contribution in [1.29, 1.82) is 0 Å². The van der Waals surface area contributed by atoms with Crippen LogP contribution in [0.3, 0.4) is 0 Å². The van der Waals surface area contributed by atoms with Crippen LogP contribution in [-0.2, 0) is 11.2 Å². The van der Waals surface area contributed by atoms with E-state index in [4.69, 9.17) is 9.47 Å². The van der Waals surface area contributed by atoms with Gasteiger partial charge >= 0.3 is 0 Å². The highest BCUT2D eigenvalue weighted by Gasteiger charge is 2.17. The number of nitrogens with zero attached hydrogens (tertiary/aromatic N) is 1. The first-order valence-electron chi connectivity index (χ1n) is 11.9. The Morgan fingerprint density at radius 3 is 2.56 bits per heavy atom. The Balaban J connectivity index is 1.35. The number of para-hydroxylation sites is 1. The Labute approximate surface area is 209 Å². The van der Waals surface area contributed by atoms with Gasteiger partial charge in [0, 0.05) is 36.0 Å². The number of carbonyl (C=O) groups is 2. The summed E-state index contributed by atoms with van der Waals surface area (Å²) in [7, 11) is 1.63. The van der Waals surface area contributed by atoms with E-state index in [2.05, 4.69) is 10.3 Å². The van der Waals surface area contributed by atoms with E-state index < -0.39 is 0 Å². The van der Waals surface area contributed by atoms with Crippen LogP contribution in [0.15, 0.2) is 84.9 Å². The molecule has 0 saturated heterocycles. The van der Waals surface area contributed by atoms with Gasteiger partial charge in [-0.25, -0.2) is 4.98 Å². The molecule has 1 amide bonds. The van der Waals surface area contributed by atoms with Gasteiger partial charge in [0.2, 0.25) is 5.91 Å². The van der Waals surface area contributed by atoms with Crippen LogP contribution in [0.25, 0.3) is 22.4 Å². The summed E-state index contributed by atoms with van der Waals surface area (Å²) in [5.41, 5.74) is 5.07. The first kappa shape index (κ1) is 23.3. The summed E-state index contributed by atoms with van der Waals surface area (Å²) in [4.78, 5) is 30.2. The molecule has 180 valence electrons. The van der Waals surface area contributed by atoms with Crippen molar-refractivity contribution in [2.75, 3.05) is 19.0 Å². The van der Waals surface area contributed by atoms with E-state index in [1.54, 1.807) is 13.2 Å². The van der Waals surface area contributed by atoms with Gasteiger partial charge in [-0.1, -0.05) is 48.5 Å². The maximum absolute atomic E-state index is 12.8. The maximum Gasteiger partial charge on any atom is 0.225 e. The summed E-state index contributed by atoms with van der Waals surface area (Å²) in [6.45, 7) is 0.640. The third-order valence-electron chi connectivity index (χ3n) is 6.17. The zero-order valence-electron chi connectivity index (χ0n) is 20.0. The lowest BCUT2D eigenvalue weighted by atomic mass is 10.0. The van der Waals surface area contributed by atoms with E-state index in [9.17, 15) is 9.59 Å². The minimum absolute atomic E-state index is 0.0631. The third-order valence-corrected chi connectivity index (χ3v) is 6.17. The minimum atomic E-state index is -0.267. The zero-order valence-corrected chi connectivity index (χ0v) is 20.0. The van der Waals surface area contributed by atoms with Gasteiger partial charge in [0.25, 0.3) is 0 Å². The lowest BCUT2D eigenvalue weighted by Crippen LogP contribution is -2.14. The molecule has 6 nitrogen and oxygen atoms in total. The monoisotopic (exact) mass is 478 g/mol. The Hall–Kier alpha value is -4.45. The van der Waals surface area contributed by atoms with Gasteiger partial charge in [-0.2, -0.15) is 0 Å². The van der Waals surface area contributed by atoms with Gasteiger partial charge in [0.05, 0.1) is 19.4 Å². The maximum atomic E-state index is 12.8. The van der Waals surface area contributed by atoms with Gasteiger partial charge in [-0.15, -0.1) is 0 Å². The topological polar surface area (TPSA) is 77.5 Å². The Morgan fingerprint density at radius 1 is 0.917 bits per heavy atom. The number of carbonyl (C=O) groups excluding carboxylic acids is 2. The Bertz CT molecular complexity index is 1420. The number of anilines is 1. The van der Waals surface area contributed by atoms with Crippen molar-refractivity contribution in [2.45, 2.75) is 19.3 Å². The zero-order chi connectivity index (χ0) is 24.9. The molecule has 1 N–H and O–H groups in total. The number of pyridine rings is 1. The van der Waals surface area contributed by atoms with E-state index in [-0.39, 0.29) is 24.5 Å². The lowest BCUT2D eigenvalue weighted by Gasteiger charge is -2.13. The number of ether oxygens (including phenoxy) is 2. The molecule has 0 unspecified atom stereocenters. The van der Waals surface area contributed by atoms with Crippen molar-refractivity contribution in [1.82, 2.24) is 4.98 Å². The van der Waals surface area contributed by atoms with E-state index in [1.807, 2.05) is 78.9 Å². The Kier molecular flexibility index (Phi) is 6.76. The van der Waals surface area contributed by atoms with Crippen LogP contribution in [0.4, 0.5) is 5.82 Å². The van der Waals surface area contributed by atoms with Gasteiger partial charge < -0.3 is 14.8 Å². The molecule has 0 atom stereocenters. The smallest absolute Gasteiger partial charge is 0.225 e. The summed E-state index contributed by atoms with van der Waals surface area (Å²) >= 11 is 0. The summed E-state index contributed by atoms with van der Waals surface area (Å²) in [6.07, 6.45) is 0.978. The summed E-state index contributed by atoms with van der Waals surface area (Å²) in [6, 6.07) is 26.8. The number of amides is 1. The summed E-state index contributed by atoms with van der Waals surface area (Å²) in [5, 5.41) is 2.89. The molecule has 1 aliphatic heterocycles. The second-order valence-electron chi connectivity index (χ2n) is 8.58. The molecular weight excluding hydrogens is 452 g/mol. The van der Waals surface area contributed by atoms with Crippen molar-refractivity contribution >= 4 is 17.5 Å². The molecule has 0 spiro atoms. The van der Waals surface area contributed by atoms with E-state index in [0.717, 1.165) is 45.9 Å². The second-order valence-corrected chi connectivity index (χ2v) is 8.58. The number of hydrogen-bond acceptors (Lipinski definition) is 5. The van der Waals surface area contributed by atoms with E-state index >= 15 is 0 Å². The fraction of sp³-hybridized carbons (Fsp3) is 0.167. The van der Waals surface area contributed by atoms with E-state index in [0.29, 0.717) is 18.0 Å². The molecule has 5 rings (SSSR count). The van der Waals surface area contributed by atoms with Crippen LogP contribution in [0.5, 0.6) is 11.5 Å². The van der Waals surface area contributed by atoms with Gasteiger partial charge in [-0.05, 0) is 47.5 Å². The lowest BCUT2D eigenvalue weighted by molar-refractivity contribution is -0.116. The van der Waals surface area contributed by atoms with E-state index in [1.165, 1.54) is 0 Å². The molecule has 0 bridgehead atoms. The summed E-state index contributed by atoms with van der Waals surface area (Å²) in [5.74, 6) is 1.64. The number of nitrogens with one attached hydrogen (secondary N) is 1. The molecule has 1 aliphatic rings. The number of methoxy groups -OCH3 is 1. The minimum Gasteiger partial charge on any atom is -0.496 e. The average Bonchev–Trinajstić information content (AvgIpc) is 3.40. The molecule has 0 fully saturated rings. The quantitative estimate of drug-likeness (QED) is 0.316.